The largest absolute Gasteiger partial charge is 0.466 e. The lowest BCUT2D eigenvalue weighted by molar-refractivity contribution is -0.143. The molecule has 6 heteroatoms. The van der Waals surface area contributed by atoms with Gasteiger partial charge >= 0.3 is 5.97 Å². The van der Waals surface area contributed by atoms with Crippen molar-refractivity contribution in [3.8, 4) is 0 Å². The molecule has 0 fully saturated rings. The van der Waals surface area contributed by atoms with E-state index in [1.54, 1.807) is 0 Å². The van der Waals surface area contributed by atoms with Gasteiger partial charge in [-0.3, -0.25) is 9.59 Å². The van der Waals surface area contributed by atoms with E-state index in [9.17, 15) is 19.8 Å². The summed E-state index contributed by atoms with van der Waals surface area (Å²) < 4.78 is 5.48. The highest BCUT2D eigenvalue weighted by Gasteiger charge is 2.20. The third-order valence-electron chi connectivity index (χ3n) is 18.8. The fraction of sp³-hybridized carbons (Fsp3) is 0.925. The summed E-state index contributed by atoms with van der Waals surface area (Å²) >= 11 is 0. The molecule has 6 nitrogen and oxygen atoms in total. The van der Waals surface area contributed by atoms with E-state index in [0.29, 0.717) is 25.9 Å². The van der Waals surface area contributed by atoms with Gasteiger partial charge in [-0.25, -0.2) is 0 Å². The number of rotatable bonds is 75. The van der Waals surface area contributed by atoms with E-state index < -0.39 is 12.1 Å². The number of aliphatic hydroxyl groups is 2. The van der Waals surface area contributed by atoms with Crippen molar-refractivity contribution in [2.75, 3.05) is 13.2 Å². The number of carbonyl (C=O) groups is 2. The van der Waals surface area contributed by atoms with E-state index in [-0.39, 0.29) is 18.5 Å². The third-order valence-corrected chi connectivity index (χ3v) is 18.8. The molecule has 0 spiro atoms. The topological polar surface area (TPSA) is 95.9 Å². The summed E-state index contributed by atoms with van der Waals surface area (Å²) in [4.78, 5) is 24.6. The molecule has 3 N–H and O–H groups in total. The number of allylic oxidation sites excluding steroid dienone is 4. The summed E-state index contributed by atoms with van der Waals surface area (Å²) in [5.41, 5.74) is 0. The van der Waals surface area contributed by atoms with Gasteiger partial charge in [-0.15, -0.1) is 0 Å². The number of nitrogens with one attached hydrogen (secondary N) is 1. The van der Waals surface area contributed by atoms with Crippen molar-refractivity contribution in [3.05, 3.63) is 24.3 Å². The second-order valence-corrected chi connectivity index (χ2v) is 27.4. The molecule has 0 radical (unpaired) electrons. The van der Waals surface area contributed by atoms with Crippen molar-refractivity contribution in [1.82, 2.24) is 5.32 Å². The Bertz CT molecular complexity index is 1350. The lowest BCUT2D eigenvalue weighted by atomic mass is 10.0. The number of hydrogen-bond donors (Lipinski definition) is 3. The van der Waals surface area contributed by atoms with Crippen LogP contribution in [0.5, 0.6) is 0 Å². The van der Waals surface area contributed by atoms with Crippen LogP contribution in [0.1, 0.15) is 450 Å². The molecule has 0 aliphatic rings. The summed E-state index contributed by atoms with van der Waals surface area (Å²) in [6.07, 6.45) is 97.0. The zero-order chi connectivity index (χ0) is 62.0. The molecule has 2 unspecified atom stereocenters. The van der Waals surface area contributed by atoms with Gasteiger partial charge in [0.05, 0.1) is 25.4 Å². The van der Waals surface area contributed by atoms with Crippen LogP contribution in [0.3, 0.4) is 0 Å². The second kappa shape index (κ2) is 75.8. The third kappa shape index (κ3) is 71.4. The first-order chi connectivity index (χ1) is 42.5. The molecule has 0 rings (SSSR count). The number of esters is 1. The van der Waals surface area contributed by atoms with Crippen LogP contribution < -0.4 is 5.32 Å². The Hall–Kier alpha value is -1.66. The molecule has 0 aliphatic heterocycles. The highest BCUT2D eigenvalue weighted by molar-refractivity contribution is 5.76. The molecule has 0 bridgehead atoms. The number of unbranched alkanes of at least 4 members (excludes halogenated alkanes) is 60. The maximum atomic E-state index is 12.6. The molecule has 0 aromatic rings. The van der Waals surface area contributed by atoms with E-state index in [4.69, 9.17) is 4.74 Å². The van der Waals surface area contributed by atoms with Gasteiger partial charge < -0.3 is 20.3 Å². The second-order valence-electron chi connectivity index (χ2n) is 27.4. The van der Waals surface area contributed by atoms with E-state index in [2.05, 4.69) is 43.5 Å². The summed E-state index contributed by atoms with van der Waals surface area (Å²) in [6.45, 7) is 5.00. The van der Waals surface area contributed by atoms with Crippen molar-refractivity contribution in [3.63, 3.8) is 0 Å². The van der Waals surface area contributed by atoms with Crippen LogP contribution in [-0.4, -0.2) is 47.4 Å². The van der Waals surface area contributed by atoms with Crippen LogP contribution in [0.25, 0.3) is 0 Å². The van der Waals surface area contributed by atoms with Gasteiger partial charge in [0, 0.05) is 12.8 Å². The van der Waals surface area contributed by atoms with Crippen molar-refractivity contribution in [2.24, 2.45) is 0 Å². The molecule has 2 atom stereocenters. The molecule has 1 amide bonds. The van der Waals surface area contributed by atoms with Crippen LogP contribution in [0.4, 0.5) is 0 Å². The molecule has 510 valence electrons. The molecule has 0 aromatic carbocycles. The van der Waals surface area contributed by atoms with Gasteiger partial charge in [0.25, 0.3) is 0 Å². The van der Waals surface area contributed by atoms with Crippen molar-refractivity contribution in [2.45, 2.75) is 463 Å². The molecule has 0 saturated carbocycles. The molecule has 0 aromatic heterocycles. The maximum Gasteiger partial charge on any atom is 0.305 e. The van der Waals surface area contributed by atoms with E-state index >= 15 is 0 Å². The average molecular weight is 1210 g/mol. The maximum absolute atomic E-state index is 12.6. The first-order valence-corrected chi connectivity index (χ1v) is 39.6. The fourth-order valence-electron chi connectivity index (χ4n) is 12.7. The number of aliphatic hydroxyl groups excluding tert-OH is 2. The first kappa shape index (κ1) is 84.3. The summed E-state index contributed by atoms with van der Waals surface area (Å²) in [6, 6.07) is -0.541. The quantitative estimate of drug-likeness (QED) is 0.0320. The van der Waals surface area contributed by atoms with Gasteiger partial charge in [-0.2, -0.15) is 0 Å². The highest BCUT2D eigenvalue weighted by Crippen LogP contribution is 2.20. The Morgan fingerprint density at radius 2 is 0.581 bits per heavy atom. The monoisotopic (exact) mass is 1210 g/mol. The van der Waals surface area contributed by atoms with Gasteiger partial charge in [-0.1, -0.05) is 404 Å². The van der Waals surface area contributed by atoms with Gasteiger partial charge in [-0.05, 0) is 57.8 Å². The molecular formula is C80H155NO5. The smallest absolute Gasteiger partial charge is 0.305 e. The Kier molecular flexibility index (Phi) is 74.3. The predicted molar refractivity (Wildman–Crippen MR) is 380 cm³/mol. The van der Waals surface area contributed by atoms with Crippen molar-refractivity contribution < 1.29 is 24.5 Å². The first-order valence-electron chi connectivity index (χ1n) is 39.6. The zero-order valence-electron chi connectivity index (χ0n) is 58.6. The molecule has 86 heavy (non-hydrogen) atoms. The van der Waals surface area contributed by atoms with Crippen molar-refractivity contribution >= 4 is 11.9 Å². The van der Waals surface area contributed by atoms with E-state index in [0.717, 1.165) is 44.9 Å². The minimum atomic E-state index is -0.664. The minimum absolute atomic E-state index is 0.0158. The van der Waals surface area contributed by atoms with Crippen LogP contribution in [-0.2, 0) is 14.3 Å². The number of ether oxygens (including phenoxy) is 1. The van der Waals surface area contributed by atoms with Crippen LogP contribution >= 0.6 is 0 Å². The van der Waals surface area contributed by atoms with Crippen LogP contribution in [0.2, 0.25) is 0 Å². The SMILES string of the molecule is CCCCCCCCCCCCCCCCCCCCCCCCCCC(O)C(CO)NC(=O)CCCCCCCCCCCCCCCCCCC/C=C\C/C=C\CCCCCCCCCCCOC(=O)CCCCCCCCCCCCCC. The minimum Gasteiger partial charge on any atom is -0.466 e. The average Bonchev–Trinajstić information content (AvgIpc) is 3.57. The van der Waals surface area contributed by atoms with Crippen molar-refractivity contribution in [1.29, 1.82) is 0 Å². The van der Waals surface area contributed by atoms with E-state index in [1.165, 1.54) is 372 Å². The molecule has 0 heterocycles. The summed E-state index contributed by atoms with van der Waals surface area (Å²) in [5.74, 6) is -0.0115. The Morgan fingerprint density at radius 3 is 0.884 bits per heavy atom. The van der Waals surface area contributed by atoms with E-state index in [1.807, 2.05) is 0 Å². The Morgan fingerprint density at radius 1 is 0.326 bits per heavy atom. The van der Waals surface area contributed by atoms with Crippen LogP contribution in [0.15, 0.2) is 24.3 Å². The molecule has 0 aliphatic carbocycles. The van der Waals surface area contributed by atoms with Crippen LogP contribution in [0, 0.1) is 0 Å². The number of carbonyl (C=O) groups excluding carboxylic acids is 2. The van der Waals surface area contributed by atoms with Gasteiger partial charge in [0.2, 0.25) is 5.91 Å². The molecule has 0 saturated heterocycles. The Balaban J connectivity index is 3.38. The summed E-state index contributed by atoms with van der Waals surface area (Å²) in [7, 11) is 0. The molecular weight excluding hydrogens is 1050 g/mol. The zero-order valence-corrected chi connectivity index (χ0v) is 58.6. The standard InChI is InChI=1S/C80H155NO5/c1-3-5-7-9-11-13-15-17-18-19-20-21-22-34-37-40-43-46-49-52-56-60-64-68-72-78(83)77(76-82)81-79(84)73-69-65-61-57-53-50-47-44-41-38-35-32-30-28-26-24-23-25-27-29-31-33-36-39-42-45-48-51-55-59-63-67-71-75-86-80(85)74-70-66-62-58-54-16-14-12-10-8-6-4-2/h27,29,33,36,77-78,82-83H,3-26,28,30-32,34-35,37-76H2,1-2H3,(H,81,84)/b29-27-,36-33-. The number of amides is 1. The Labute approximate surface area is 539 Å². The lowest BCUT2D eigenvalue weighted by Crippen LogP contribution is -2.45. The number of hydrogen-bond acceptors (Lipinski definition) is 5. The fourth-order valence-corrected chi connectivity index (χ4v) is 12.7. The van der Waals surface area contributed by atoms with Gasteiger partial charge in [0.15, 0.2) is 0 Å². The summed E-state index contributed by atoms with van der Waals surface area (Å²) in [5, 5.41) is 23.5. The normalized spacial score (nSPS) is 12.6. The predicted octanol–water partition coefficient (Wildman–Crippen LogP) is 26.0. The van der Waals surface area contributed by atoms with Gasteiger partial charge in [0.1, 0.15) is 0 Å². The highest BCUT2D eigenvalue weighted by atomic mass is 16.5. The lowest BCUT2D eigenvalue weighted by Gasteiger charge is -2.22.